The van der Waals surface area contributed by atoms with E-state index in [4.69, 9.17) is 11.1 Å². The maximum Gasteiger partial charge on any atom is 0.321 e. The van der Waals surface area contributed by atoms with Crippen LogP contribution in [0.4, 0.5) is 4.79 Å². The van der Waals surface area contributed by atoms with Gasteiger partial charge in [-0.2, -0.15) is 0 Å². The first-order valence-electron chi connectivity index (χ1n) is 10.8. The normalized spacial score (nSPS) is 25.5. The number of nitrogens with one attached hydrogen (secondary N) is 2. The van der Waals surface area contributed by atoms with Crippen molar-refractivity contribution in [2.45, 2.75) is 51.2 Å². The van der Waals surface area contributed by atoms with E-state index in [1.165, 1.54) is 12.6 Å². The van der Waals surface area contributed by atoms with E-state index >= 15 is 0 Å². The number of piperazine rings is 1. The van der Waals surface area contributed by atoms with Crippen molar-refractivity contribution in [3.05, 3.63) is 41.4 Å². The first kappa shape index (κ1) is 21.3. The second-order valence-electron chi connectivity index (χ2n) is 9.16. The topological polar surface area (TPSA) is 119 Å². The lowest BCUT2D eigenvalue weighted by Gasteiger charge is -2.45. The number of carbonyl (C=O) groups is 2. The van der Waals surface area contributed by atoms with E-state index < -0.39 is 11.4 Å². The molecule has 2 atom stereocenters. The fourth-order valence-corrected chi connectivity index (χ4v) is 4.84. The first-order chi connectivity index (χ1) is 14.7. The summed E-state index contributed by atoms with van der Waals surface area (Å²) in [5.74, 6) is -0.565. The van der Waals surface area contributed by atoms with Crippen LogP contribution in [0.2, 0.25) is 0 Å². The first-order valence-corrected chi connectivity index (χ1v) is 10.8. The Balaban J connectivity index is 1.48. The molecule has 9 heteroatoms. The number of amidine groups is 1. The monoisotopic (exact) mass is 425 g/mol. The average Bonchev–Trinajstić information content (AvgIpc) is 3.29. The number of urea groups is 1. The van der Waals surface area contributed by atoms with E-state index in [9.17, 15) is 9.59 Å². The van der Waals surface area contributed by atoms with E-state index in [1.54, 1.807) is 23.1 Å². The molecule has 2 saturated heterocycles. The zero-order chi connectivity index (χ0) is 22.3. The number of carbonyl (C=O) groups excluding carboxylic acids is 2. The summed E-state index contributed by atoms with van der Waals surface area (Å²) in [5.41, 5.74) is 6.77. The minimum Gasteiger partial charge on any atom is -0.400 e. The van der Waals surface area contributed by atoms with Gasteiger partial charge in [0.05, 0.1) is 12.1 Å². The summed E-state index contributed by atoms with van der Waals surface area (Å²) >= 11 is 0. The predicted molar refractivity (Wildman–Crippen MR) is 118 cm³/mol. The number of hydrogen-bond donors (Lipinski definition) is 3. The van der Waals surface area contributed by atoms with Gasteiger partial charge in [-0.3, -0.25) is 20.1 Å². The maximum atomic E-state index is 13.6. The standard InChI is InChI=1S/C22H31N7O2/c1-14-11-27-10-6-7-15(27)12-28(14)21(31)29-13-16(18(23)22(29,2)3)19(24)26-20(30)17-8-4-5-9-25-17/h4-5,8-9,14-15H,6-7,10-13,23H2,1-3H3,(H2,24,26,30)/t14-,15-/m0/s1. The van der Waals surface area contributed by atoms with Crippen LogP contribution in [-0.2, 0) is 0 Å². The number of fused-ring (bicyclic) bond motifs is 1. The van der Waals surface area contributed by atoms with Crippen LogP contribution in [0.5, 0.6) is 0 Å². The molecule has 3 aliphatic heterocycles. The minimum absolute atomic E-state index is 0.0640. The zero-order valence-corrected chi connectivity index (χ0v) is 18.4. The molecule has 3 amide bonds. The van der Waals surface area contributed by atoms with Crippen LogP contribution >= 0.6 is 0 Å². The van der Waals surface area contributed by atoms with Gasteiger partial charge in [0.25, 0.3) is 5.91 Å². The summed E-state index contributed by atoms with van der Waals surface area (Å²) in [4.78, 5) is 36.1. The molecule has 1 aromatic heterocycles. The molecule has 3 aliphatic rings. The van der Waals surface area contributed by atoms with E-state index in [-0.39, 0.29) is 30.1 Å². The molecule has 0 spiro atoms. The van der Waals surface area contributed by atoms with E-state index in [0.29, 0.717) is 17.3 Å². The fraction of sp³-hybridized carbons (Fsp3) is 0.545. The van der Waals surface area contributed by atoms with Gasteiger partial charge >= 0.3 is 6.03 Å². The van der Waals surface area contributed by atoms with Gasteiger partial charge < -0.3 is 20.9 Å². The Morgan fingerprint density at radius 3 is 2.77 bits per heavy atom. The summed E-state index contributed by atoms with van der Waals surface area (Å²) in [7, 11) is 0. The van der Waals surface area contributed by atoms with Gasteiger partial charge in [-0.25, -0.2) is 4.79 Å². The van der Waals surface area contributed by atoms with Gasteiger partial charge in [0.2, 0.25) is 0 Å². The van der Waals surface area contributed by atoms with Crippen molar-refractivity contribution in [3.8, 4) is 0 Å². The Hall–Kier alpha value is -2.94. The Labute approximate surface area is 182 Å². The maximum absolute atomic E-state index is 13.6. The number of nitrogens with zero attached hydrogens (tertiary/aromatic N) is 4. The van der Waals surface area contributed by atoms with E-state index in [2.05, 4.69) is 22.1 Å². The van der Waals surface area contributed by atoms with Crippen LogP contribution in [0.15, 0.2) is 35.7 Å². The van der Waals surface area contributed by atoms with Crippen molar-refractivity contribution < 1.29 is 9.59 Å². The number of amides is 3. The van der Waals surface area contributed by atoms with E-state index in [0.717, 1.165) is 26.1 Å². The summed E-state index contributed by atoms with van der Waals surface area (Å²) in [6.07, 6.45) is 3.83. The van der Waals surface area contributed by atoms with Gasteiger partial charge in [-0.15, -0.1) is 0 Å². The number of pyridine rings is 1. The summed E-state index contributed by atoms with van der Waals surface area (Å²) in [6, 6.07) is 5.49. The van der Waals surface area contributed by atoms with Crippen molar-refractivity contribution in [2.24, 2.45) is 5.73 Å². The molecular weight excluding hydrogens is 394 g/mol. The van der Waals surface area contributed by atoms with E-state index in [1.807, 2.05) is 18.7 Å². The summed E-state index contributed by atoms with van der Waals surface area (Å²) in [6.45, 7) is 8.76. The molecule has 4 heterocycles. The Kier molecular flexibility index (Phi) is 5.47. The van der Waals surface area contributed by atoms with Gasteiger partial charge in [-0.05, 0) is 52.3 Å². The van der Waals surface area contributed by atoms with Crippen molar-refractivity contribution >= 4 is 17.8 Å². The molecule has 0 bridgehead atoms. The summed E-state index contributed by atoms with van der Waals surface area (Å²) < 4.78 is 0. The Morgan fingerprint density at radius 2 is 2.06 bits per heavy atom. The molecule has 0 unspecified atom stereocenters. The van der Waals surface area contributed by atoms with Gasteiger partial charge in [0, 0.05) is 42.6 Å². The molecule has 0 radical (unpaired) electrons. The third-order valence-electron chi connectivity index (χ3n) is 6.83. The number of aromatic nitrogens is 1. The fourth-order valence-electron chi connectivity index (χ4n) is 4.84. The van der Waals surface area contributed by atoms with Gasteiger partial charge in [-0.1, -0.05) is 6.07 Å². The van der Waals surface area contributed by atoms with Crippen LogP contribution in [0, 0.1) is 5.41 Å². The Morgan fingerprint density at radius 1 is 1.29 bits per heavy atom. The van der Waals surface area contributed by atoms with Crippen molar-refractivity contribution in [3.63, 3.8) is 0 Å². The highest BCUT2D eigenvalue weighted by atomic mass is 16.2. The van der Waals surface area contributed by atoms with Crippen molar-refractivity contribution in [1.29, 1.82) is 5.41 Å². The molecule has 9 nitrogen and oxygen atoms in total. The molecule has 31 heavy (non-hydrogen) atoms. The lowest BCUT2D eigenvalue weighted by atomic mass is 10.00. The van der Waals surface area contributed by atoms with Crippen LogP contribution in [0.1, 0.15) is 44.1 Å². The third kappa shape index (κ3) is 3.78. The smallest absolute Gasteiger partial charge is 0.321 e. The van der Waals surface area contributed by atoms with Crippen LogP contribution < -0.4 is 11.1 Å². The molecule has 4 N–H and O–H groups in total. The number of rotatable bonds is 2. The number of hydrogen-bond acceptors (Lipinski definition) is 6. The number of nitrogens with two attached hydrogens (primary N) is 1. The molecule has 0 aliphatic carbocycles. The zero-order valence-electron chi connectivity index (χ0n) is 18.4. The minimum atomic E-state index is -0.749. The molecule has 1 aromatic rings. The average molecular weight is 426 g/mol. The molecule has 0 aromatic carbocycles. The lowest BCUT2D eigenvalue weighted by Crippen LogP contribution is -2.61. The second kappa shape index (κ2) is 7.96. The van der Waals surface area contributed by atoms with Gasteiger partial charge in [0.1, 0.15) is 11.5 Å². The molecule has 2 fully saturated rings. The molecular formula is C22H31N7O2. The van der Waals surface area contributed by atoms with Crippen LogP contribution in [0.3, 0.4) is 0 Å². The Bertz CT molecular complexity index is 927. The highest BCUT2D eigenvalue weighted by molar-refractivity contribution is 6.11. The predicted octanol–water partition coefficient (Wildman–Crippen LogP) is 1.38. The van der Waals surface area contributed by atoms with Gasteiger partial charge in [0.15, 0.2) is 0 Å². The van der Waals surface area contributed by atoms with Crippen LogP contribution in [-0.4, -0.2) is 81.3 Å². The quantitative estimate of drug-likeness (QED) is 0.489. The summed E-state index contributed by atoms with van der Waals surface area (Å²) in [5, 5.41) is 11.0. The van der Waals surface area contributed by atoms with Crippen molar-refractivity contribution in [2.75, 3.05) is 26.2 Å². The third-order valence-corrected chi connectivity index (χ3v) is 6.83. The lowest BCUT2D eigenvalue weighted by molar-refractivity contribution is 0.0549. The highest BCUT2D eigenvalue weighted by Gasteiger charge is 2.46. The van der Waals surface area contributed by atoms with Crippen LogP contribution in [0.25, 0.3) is 0 Å². The molecule has 4 rings (SSSR count). The second-order valence-corrected chi connectivity index (χ2v) is 9.16. The highest BCUT2D eigenvalue weighted by Crippen LogP contribution is 2.34. The van der Waals surface area contributed by atoms with Crippen molar-refractivity contribution in [1.82, 2.24) is 25.0 Å². The molecule has 166 valence electrons. The largest absolute Gasteiger partial charge is 0.400 e. The molecule has 0 saturated carbocycles. The SMILES string of the molecule is C[C@H]1CN2CCC[C@H]2CN1C(=O)N1CC(C(=N)NC(=O)c2ccccn2)=C(N)C1(C)C.